The Hall–Kier alpha value is -3.73. The fraction of sp³-hybridized carbons (Fsp3) is 0.120. The third-order valence-corrected chi connectivity index (χ3v) is 5.22. The largest absolute Gasteiger partial charge is 0.368 e. The highest BCUT2D eigenvalue weighted by Crippen LogP contribution is 2.29. The molecule has 4 aromatic carbocycles. The summed E-state index contributed by atoms with van der Waals surface area (Å²) in [5.74, 6) is -1.40. The van der Waals surface area contributed by atoms with E-state index in [1.165, 1.54) is 12.1 Å². The van der Waals surface area contributed by atoms with Gasteiger partial charge in [-0.05, 0) is 50.9 Å². The van der Waals surface area contributed by atoms with Gasteiger partial charge in [0.1, 0.15) is 11.9 Å². The van der Waals surface area contributed by atoms with Crippen LogP contribution in [0.25, 0.3) is 21.5 Å². The van der Waals surface area contributed by atoms with Crippen molar-refractivity contribution in [1.82, 2.24) is 5.32 Å². The second-order valence-corrected chi connectivity index (χ2v) is 7.33. The van der Waals surface area contributed by atoms with Crippen LogP contribution in [0.4, 0.5) is 4.39 Å². The van der Waals surface area contributed by atoms with Gasteiger partial charge in [-0.25, -0.2) is 4.39 Å². The molecule has 0 radical (unpaired) electrons. The van der Waals surface area contributed by atoms with Crippen molar-refractivity contribution in [2.75, 3.05) is 0 Å². The van der Waals surface area contributed by atoms with Gasteiger partial charge in [-0.1, -0.05) is 60.7 Å². The van der Waals surface area contributed by atoms with Crippen molar-refractivity contribution in [3.05, 3.63) is 95.8 Å². The first-order chi connectivity index (χ1) is 14.5. The third kappa shape index (κ3) is 4.15. The lowest BCUT2D eigenvalue weighted by Gasteiger charge is -2.19. The summed E-state index contributed by atoms with van der Waals surface area (Å²) < 4.78 is 13.4. The number of hydrogen-bond donors (Lipinski definition) is 2. The van der Waals surface area contributed by atoms with E-state index in [2.05, 4.69) is 11.4 Å². The Morgan fingerprint density at radius 1 is 0.867 bits per heavy atom. The van der Waals surface area contributed by atoms with Crippen LogP contribution in [0.3, 0.4) is 0 Å². The predicted molar refractivity (Wildman–Crippen MR) is 116 cm³/mol. The standard InChI is InChI=1S/C25H21FN2O2/c26-19-9-5-6-16(12-19)13-24(29)28-23(25(27)30)15-22-20-10-3-1-7-17(20)14-18-8-2-4-11-21(18)22/h1-12,14,23H,13,15H2,(H2,27,30)(H,28,29)/t23-/m1/s1. The second-order valence-electron chi connectivity index (χ2n) is 7.33. The molecule has 150 valence electrons. The van der Waals surface area contributed by atoms with E-state index >= 15 is 0 Å². The average Bonchev–Trinajstić information content (AvgIpc) is 2.72. The number of fused-ring (bicyclic) bond motifs is 2. The molecule has 30 heavy (non-hydrogen) atoms. The number of halogens is 1. The van der Waals surface area contributed by atoms with Gasteiger partial charge in [0.05, 0.1) is 6.42 Å². The Balaban J connectivity index is 1.65. The van der Waals surface area contributed by atoms with Crippen LogP contribution in [0.1, 0.15) is 11.1 Å². The highest BCUT2D eigenvalue weighted by atomic mass is 19.1. The first kappa shape index (κ1) is 19.6. The summed E-state index contributed by atoms with van der Waals surface area (Å²) in [6, 6.07) is 22.9. The van der Waals surface area contributed by atoms with Gasteiger partial charge in [0.2, 0.25) is 11.8 Å². The normalized spacial score (nSPS) is 12.0. The molecule has 3 N–H and O–H groups in total. The van der Waals surface area contributed by atoms with Crippen molar-refractivity contribution < 1.29 is 14.0 Å². The summed E-state index contributed by atoms with van der Waals surface area (Å²) in [5, 5.41) is 6.87. The Labute approximate surface area is 173 Å². The number of rotatable bonds is 6. The van der Waals surface area contributed by atoms with Gasteiger partial charge < -0.3 is 11.1 Å². The van der Waals surface area contributed by atoms with Gasteiger partial charge in [0, 0.05) is 6.42 Å². The van der Waals surface area contributed by atoms with E-state index in [1.54, 1.807) is 12.1 Å². The van der Waals surface area contributed by atoms with Crippen LogP contribution in [0, 0.1) is 5.82 Å². The van der Waals surface area contributed by atoms with Gasteiger partial charge in [0.25, 0.3) is 0 Å². The average molecular weight is 400 g/mol. The molecule has 0 aromatic heterocycles. The van der Waals surface area contributed by atoms with E-state index in [0.29, 0.717) is 5.56 Å². The Bertz CT molecular complexity index is 1200. The van der Waals surface area contributed by atoms with E-state index in [1.807, 2.05) is 48.5 Å². The molecule has 0 spiro atoms. The molecule has 0 fully saturated rings. The number of carbonyl (C=O) groups excluding carboxylic acids is 2. The quantitative estimate of drug-likeness (QED) is 0.482. The first-order valence-corrected chi connectivity index (χ1v) is 9.74. The summed E-state index contributed by atoms with van der Waals surface area (Å²) in [6.45, 7) is 0. The monoisotopic (exact) mass is 400 g/mol. The highest BCUT2D eigenvalue weighted by molar-refractivity contribution is 6.03. The topological polar surface area (TPSA) is 72.2 Å². The van der Waals surface area contributed by atoms with Crippen molar-refractivity contribution in [2.24, 2.45) is 5.73 Å². The van der Waals surface area contributed by atoms with Gasteiger partial charge in [-0.15, -0.1) is 0 Å². The minimum absolute atomic E-state index is 0.0299. The molecular weight excluding hydrogens is 379 g/mol. The van der Waals surface area contributed by atoms with Crippen LogP contribution in [-0.4, -0.2) is 17.9 Å². The van der Waals surface area contributed by atoms with Crippen molar-refractivity contribution in [2.45, 2.75) is 18.9 Å². The van der Waals surface area contributed by atoms with Crippen LogP contribution < -0.4 is 11.1 Å². The summed E-state index contributed by atoms with van der Waals surface area (Å²) in [4.78, 5) is 24.7. The number of benzene rings is 4. The molecule has 0 aliphatic carbocycles. The molecule has 4 aromatic rings. The Morgan fingerprint density at radius 3 is 2.10 bits per heavy atom. The van der Waals surface area contributed by atoms with Crippen molar-refractivity contribution in [3.63, 3.8) is 0 Å². The minimum atomic E-state index is -0.875. The predicted octanol–water partition coefficient (Wildman–Crippen LogP) is 3.89. The molecule has 0 saturated carbocycles. The maximum Gasteiger partial charge on any atom is 0.240 e. The van der Waals surface area contributed by atoms with Crippen LogP contribution in [0.2, 0.25) is 0 Å². The lowest BCUT2D eigenvalue weighted by Crippen LogP contribution is -2.46. The van der Waals surface area contributed by atoms with Crippen LogP contribution in [0.5, 0.6) is 0 Å². The SMILES string of the molecule is NC(=O)[C@@H](Cc1c2ccccc2cc2ccccc12)NC(=O)Cc1cccc(F)c1. The molecule has 0 heterocycles. The number of nitrogens with two attached hydrogens (primary N) is 1. The zero-order valence-corrected chi connectivity index (χ0v) is 16.3. The smallest absolute Gasteiger partial charge is 0.240 e. The third-order valence-electron chi connectivity index (χ3n) is 5.22. The van der Waals surface area contributed by atoms with E-state index < -0.39 is 17.8 Å². The first-order valence-electron chi connectivity index (χ1n) is 9.74. The Morgan fingerprint density at radius 2 is 1.50 bits per heavy atom. The maximum atomic E-state index is 13.4. The van der Waals surface area contributed by atoms with Gasteiger partial charge in [-0.2, -0.15) is 0 Å². The number of primary amides is 1. The number of carbonyl (C=O) groups is 2. The molecule has 0 saturated heterocycles. The molecule has 5 heteroatoms. The van der Waals surface area contributed by atoms with E-state index in [4.69, 9.17) is 5.73 Å². The minimum Gasteiger partial charge on any atom is -0.368 e. The summed E-state index contributed by atoms with van der Waals surface area (Å²) in [6.07, 6.45) is 0.240. The fourth-order valence-corrected chi connectivity index (χ4v) is 3.83. The van der Waals surface area contributed by atoms with Crippen molar-refractivity contribution in [3.8, 4) is 0 Å². The molecule has 4 rings (SSSR count). The van der Waals surface area contributed by atoms with Crippen molar-refractivity contribution >= 4 is 33.4 Å². The maximum absolute atomic E-state index is 13.4. The van der Waals surface area contributed by atoms with Crippen LogP contribution in [0.15, 0.2) is 78.9 Å². The molecule has 0 aliphatic rings. The van der Waals surface area contributed by atoms with Gasteiger partial charge in [0.15, 0.2) is 0 Å². The van der Waals surface area contributed by atoms with Gasteiger partial charge in [-0.3, -0.25) is 9.59 Å². The molecule has 4 nitrogen and oxygen atoms in total. The zero-order valence-electron chi connectivity index (χ0n) is 16.3. The zero-order chi connectivity index (χ0) is 21.1. The number of nitrogens with one attached hydrogen (secondary N) is 1. The molecule has 1 atom stereocenters. The molecule has 0 aliphatic heterocycles. The summed E-state index contributed by atoms with van der Waals surface area (Å²) >= 11 is 0. The molecule has 2 amide bonds. The lowest BCUT2D eigenvalue weighted by atomic mass is 9.92. The molecule has 0 unspecified atom stereocenters. The number of amides is 2. The fourth-order valence-electron chi connectivity index (χ4n) is 3.83. The lowest BCUT2D eigenvalue weighted by molar-refractivity contribution is -0.126. The number of hydrogen-bond acceptors (Lipinski definition) is 2. The van der Waals surface area contributed by atoms with Crippen molar-refractivity contribution in [1.29, 1.82) is 0 Å². The van der Waals surface area contributed by atoms with E-state index in [0.717, 1.165) is 27.1 Å². The second kappa shape index (κ2) is 8.33. The van der Waals surface area contributed by atoms with Gasteiger partial charge >= 0.3 is 0 Å². The molecular formula is C25H21FN2O2. The highest BCUT2D eigenvalue weighted by Gasteiger charge is 2.21. The van der Waals surface area contributed by atoms with E-state index in [-0.39, 0.29) is 18.7 Å². The summed E-state index contributed by atoms with van der Waals surface area (Å²) in [5.41, 5.74) is 7.12. The van der Waals surface area contributed by atoms with Crippen LogP contribution >= 0.6 is 0 Å². The Kier molecular flexibility index (Phi) is 5.44. The van der Waals surface area contributed by atoms with E-state index in [9.17, 15) is 14.0 Å². The summed E-state index contributed by atoms with van der Waals surface area (Å²) in [7, 11) is 0. The van der Waals surface area contributed by atoms with Crippen LogP contribution in [-0.2, 0) is 22.4 Å². The molecule has 0 bridgehead atoms.